The van der Waals surface area contributed by atoms with Gasteiger partial charge in [-0.25, -0.2) is 0 Å². The van der Waals surface area contributed by atoms with Gasteiger partial charge in [-0.05, 0) is 77.5 Å². The third-order valence-corrected chi connectivity index (χ3v) is 6.23. The number of carbonyl (C=O) groups excluding carboxylic acids is 1. The molecule has 1 aliphatic rings. The van der Waals surface area contributed by atoms with Gasteiger partial charge < -0.3 is 5.32 Å². The van der Waals surface area contributed by atoms with E-state index in [1.165, 1.54) is 11.1 Å². The molecule has 0 radical (unpaired) electrons. The Kier molecular flexibility index (Phi) is 6.20. The summed E-state index contributed by atoms with van der Waals surface area (Å²) < 4.78 is 0. The van der Waals surface area contributed by atoms with Crippen LogP contribution in [0.4, 0.5) is 0 Å². The third kappa shape index (κ3) is 4.89. The zero-order valence-electron chi connectivity index (χ0n) is 16.0. The zero-order valence-corrected chi connectivity index (χ0v) is 16.8. The van der Waals surface area contributed by atoms with E-state index < -0.39 is 0 Å². The zero-order chi connectivity index (χ0) is 19.2. The van der Waals surface area contributed by atoms with Crippen LogP contribution in [0, 0.1) is 5.92 Å². The molecule has 1 fully saturated rings. The summed E-state index contributed by atoms with van der Waals surface area (Å²) in [6.45, 7) is 4.05. The molecule has 0 spiro atoms. The van der Waals surface area contributed by atoms with Gasteiger partial charge in [0, 0.05) is 18.7 Å². The molecule has 0 aliphatic carbocycles. The van der Waals surface area contributed by atoms with Crippen molar-refractivity contribution < 1.29 is 4.79 Å². The fraction of sp³-hybridized carbons (Fsp3) is 0.292. The van der Waals surface area contributed by atoms with Crippen LogP contribution in [0.1, 0.15) is 28.8 Å². The van der Waals surface area contributed by atoms with Crippen LogP contribution in [0.3, 0.4) is 0 Å². The van der Waals surface area contributed by atoms with Crippen LogP contribution < -0.4 is 5.32 Å². The molecule has 4 heteroatoms. The lowest BCUT2D eigenvalue weighted by molar-refractivity contribution is 0.0935. The van der Waals surface area contributed by atoms with Crippen molar-refractivity contribution in [1.29, 1.82) is 0 Å². The number of amides is 1. The molecule has 0 saturated carbocycles. The summed E-state index contributed by atoms with van der Waals surface area (Å²) in [6.07, 6.45) is 2.30. The van der Waals surface area contributed by atoms with Gasteiger partial charge in [0.05, 0.1) is 0 Å². The molecule has 1 N–H and O–H groups in total. The normalized spacial score (nSPS) is 15.4. The first-order chi connectivity index (χ1) is 13.8. The minimum atomic E-state index is 0.0281. The Hall–Kier alpha value is -2.43. The van der Waals surface area contributed by atoms with Crippen LogP contribution in [-0.2, 0) is 6.54 Å². The Labute approximate surface area is 171 Å². The van der Waals surface area contributed by atoms with E-state index in [-0.39, 0.29) is 5.91 Å². The minimum Gasteiger partial charge on any atom is -0.352 e. The molecule has 1 aromatic heterocycles. The topological polar surface area (TPSA) is 32.3 Å². The number of thiophene rings is 1. The number of nitrogens with zero attached hydrogens (tertiary/aromatic N) is 1. The van der Waals surface area contributed by atoms with Crippen molar-refractivity contribution >= 4 is 17.2 Å². The van der Waals surface area contributed by atoms with Crippen molar-refractivity contribution in [3.8, 4) is 11.1 Å². The van der Waals surface area contributed by atoms with Crippen molar-refractivity contribution in [2.24, 2.45) is 5.92 Å². The lowest BCUT2D eigenvalue weighted by atomic mass is 9.96. The summed E-state index contributed by atoms with van der Waals surface area (Å²) in [4.78, 5) is 15.0. The van der Waals surface area contributed by atoms with E-state index in [1.54, 1.807) is 11.3 Å². The second-order valence-electron chi connectivity index (χ2n) is 7.50. The second-order valence-corrected chi connectivity index (χ2v) is 8.28. The number of benzene rings is 2. The summed E-state index contributed by atoms with van der Waals surface area (Å²) in [6, 6.07) is 20.3. The van der Waals surface area contributed by atoms with Crippen molar-refractivity contribution in [2.45, 2.75) is 19.4 Å². The molecule has 1 amide bonds. The summed E-state index contributed by atoms with van der Waals surface area (Å²) in [5, 5.41) is 7.51. The second kappa shape index (κ2) is 9.18. The summed E-state index contributed by atoms with van der Waals surface area (Å²) in [5.41, 5.74) is 4.45. The highest BCUT2D eigenvalue weighted by molar-refractivity contribution is 7.07. The van der Waals surface area contributed by atoms with Gasteiger partial charge in [0.2, 0.25) is 0 Å². The number of piperidine rings is 1. The SMILES string of the molecule is O=C(NCC1CCN(Cc2ccsc2)CC1)c1ccc(-c2ccccc2)cc1. The largest absolute Gasteiger partial charge is 0.352 e. The Balaban J connectivity index is 1.23. The molecule has 2 heterocycles. The maximum absolute atomic E-state index is 12.5. The number of carbonyl (C=O) groups is 1. The molecular weight excluding hydrogens is 364 g/mol. The monoisotopic (exact) mass is 390 g/mol. The fourth-order valence-electron chi connectivity index (χ4n) is 3.77. The van der Waals surface area contributed by atoms with Gasteiger partial charge in [0.1, 0.15) is 0 Å². The molecular formula is C24H26N2OS. The molecule has 1 saturated heterocycles. The average Bonchev–Trinajstić information content (AvgIpc) is 3.27. The maximum atomic E-state index is 12.5. The fourth-order valence-corrected chi connectivity index (χ4v) is 4.43. The van der Waals surface area contributed by atoms with Crippen LogP contribution in [0.15, 0.2) is 71.4 Å². The van der Waals surface area contributed by atoms with Gasteiger partial charge in [0.15, 0.2) is 0 Å². The lowest BCUT2D eigenvalue weighted by Crippen LogP contribution is -2.38. The van der Waals surface area contributed by atoms with Gasteiger partial charge in [-0.3, -0.25) is 9.69 Å². The molecule has 28 heavy (non-hydrogen) atoms. The highest BCUT2D eigenvalue weighted by Crippen LogP contribution is 2.21. The number of hydrogen-bond acceptors (Lipinski definition) is 3. The van der Waals surface area contributed by atoms with Crippen molar-refractivity contribution in [2.75, 3.05) is 19.6 Å². The molecule has 4 rings (SSSR count). The number of likely N-dealkylation sites (tertiary alicyclic amines) is 1. The summed E-state index contributed by atoms with van der Waals surface area (Å²) in [7, 11) is 0. The van der Waals surface area contributed by atoms with Crippen LogP contribution >= 0.6 is 11.3 Å². The quantitative estimate of drug-likeness (QED) is 0.638. The predicted molar refractivity (Wildman–Crippen MR) is 117 cm³/mol. The molecule has 3 nitrogen and oxygen atoms in total. The molecule has 3 aromatic rings. The van der Waals surface area contributed by atoms with E-state index in [4.69, 9.17) is 0 Å². The predicted octanol–water partition coefficient (Wildman–Crippen LogP) is 5.06. The summed E-state index contributed by atoms with van der Waals surface area (Å²) >= 11 is 1.76. The van der Waals surface area contributed by atoms with E-state index in [9.17, 15) is 4.79 Å². The molecule has 1 aliphatic heterocycles. The van der Waals surface area contributed by atoms with Crippen molar-refractivity contribution in [3.63, 3.8) is 0 Å². The maximum Gasteiger partial charge on any atom is 0.251 e. The summed E-state index contributed by atoms with van der Waals surface area (Å²) in [5.74, 6) is 0.603. The highest BCUT2D eigenvalue weighted by Gasteiger charge is 2.20. The molecule has 0 unspecified atom stereocenters. The Morgan fingerprint density at radius 2 is 1.68 bits per heavy atom. The first-order valence-corrected chi connectivity index (χ1v) is 10.9. The van der Waals surface area contributed by atoms with Gasteiger partial charge in [-0.1, -0.05) is 42.5 Å². The standard InChI is InChI=1S/C24H26N2OS/c27-24(23-8-6-22(7-9-23)21-4-2-1-3-5-21)25-16-19-10-13-26(14-11-19)17-20-12-15-28-18-20/h1-9,12,15,18-19H,10-11,13-14,16-17H2,(H,25,27). The van der Waals surface area contributed by atoms with E-state index in [0.717, 1.165) is 50.1 Å². The minimum absolute atomic E-state index is 0.0281. The van der Waals surface area contributed by atoms with Gasteiger partial charge in [0.25, 0.3) is 5.91 Å². The van der Waals surface area contributed by atoms with Gasteiger partial charge >= 0.3 is 0 Å². The van der Waals surface area contributed by atoms with Crippen LogP contribution in [0.5, 0.6) is 0 Å². The molecule has 2 aromatic carbocycles. The van der Waals surface area contributed by atoms with E-state index in [1.807, 2.05) is 42.5 Å². The van der Waals surface area contributed by atoms with Gasteiger partial charge in [-0.2, -0.15) is 11.3 Å². The van der Waals surface area contributed by atoms with E-state index >= 15 is 0 Å². The van der Waals surface area contributed by atoms with Crippen LogP contribution in [-0.4, -0.2) is 30.4 Å². The highest BCUT2D eigenvalue weighted by atomic mass is 32.1. The third-order valence-electron chi connectivity index (χ3n) is 5.50. The van der Waals surface area contributed by atoms with Crippen LogP contribution in [0.25, 0.3) is 11.1 Å². The van der Waals surface area contributed by atoms with Crippen molar-refractivity contribution in [1.82, 2.24) is 10.2 Å². The first-order valence-electron chi connectivity index (χ1n) is 9.95. The number of rotatable bonds is 6. The lowest BCUT2D eigenvalue weighted by Gasteiger charge is -2.31. The molecule has 144 valence electrons. The molecule has 0 bridgehead atoms. The number of nitrogens with one attached hydrogen (secondary N) is 1. The molecule has 0 atom stereocenters. The smallest absolute Gasteiger partial charge is 0.251 e. The van der Waals surface area contributed by atoms with Crippen molar-refractivity contribution in [3.05, 3.63) is 82.6 Å². The Bertz CT molecular complexity index is 867. The number of hydrogen-bond donors (Lipinski definition) is 1. The Morgan fingerprint density at radius 1 is 0.964 bits per heavy atom. The van der Waals surface area contributed by atoms with Crippen LogP contribution in [0.2, 0.25) is 0 Å². The average molecular weight is 391 g/mol. The van der Waals surface area contributed by atoms with E-state index in [2.05, 4.69) is 39.2 Å². The Morgan fingerprint density at radius 3 is 2.36 bits per heavy atom. The first kappa shape index (κ1) is 18.9. The van der Waals surface area contributed by atoms with E-state index in [0.29, 0.717) is 5.92 Å². The van der Waals surface area contributed by atoms with Gasteiger partial charge in [-0.15, -0.1) is 0 Å².